The Morgan fingerprint density at radius 3 is 2.44 bits per heavy atom. The summed E-state index contributed by atoms with van der Waals surface area (Å²) >= 11 is 0. The molecule has 0 radical (unpaired) electrons. The van der Waals surface area contributed by atoms with Crippen LogP contribution in [0.3, 0.4) is 0 Å². The van der Waals surface area contributed by atoms with Crippen molar-refractivity contribution < 1.29 is 4.79 Å². The van der Waals surface area contributed by atoms with E-state index in [4.69, 9.17) is 0 Å². The van der Waals surface area contributed by atoms with Gasteiger partial charge in [-0.25, -0.2) is 0 Å². The molecule has 1 saturated heterocycles. The topological polar surface area (TPSA) is 35.6 Å². The lowest BCUT2D eigenvalue weighted by molar-refractivity contribution is -0.130. The zero-order valence-electron chi connectivity index (χ0n) is 12.4. The second-order valence-corrected chi connectivity index (χ2v) is 5.98. The molecule has 0 aromatic heterocycles. The number of nitrogens with zero attached hydrogens (tertiary/aromatic N) is 2. The van der Waals surface area contributed by atoms with Crippen molar-refractivity contribution in [1.29, 1.82) is 0 Å². The Morgan fingerprint density at radius 1 is 1.33 bits per heavy atom. The first-order valence-corrected chi connectivity index (χ1v) is 7.15. The highest BCUT2D eigenvalue weighted by Gasteiger charge is 2.20. The maximum Gasteiger partial charge on any atom is 0.236 e. The summed E-state index contributed by atoms with van der Waals surface area (Å²) in [4.78, 5) is 15.5. The van der Waals surface area contributed by atoms with Crippen molar-refractivity contribution >= 4 is 5.91 Å². The minimum Gasteiger partial charge on any atom is -0.348 e. The summed E-state index contributed by atoms with van der Waals surface area (Å²) in [5.41, 5.74) is 0. The Hall–Kier alpha value is -0.610. The van der Waals surface area contributed by atoms with Crippen molar-refractivity contribution in [2.45, 2.75) is 39.2 Å². The summed E-state index contributed by atoms with van der Waals surface area (Å²) in [7, 11) is 3.64. The van der Waals surface area contributed by atoms with E-state index in [-0.39, 0.29) is 5.91 Å². The zero-order valence-corrected chi connectivity index (χ0v) is 12.4. The molecule has 1 N–H and O–H groups in total. The Labute approximate surface area is 112 Å². The van der Waals surface area contributed by atoms with Gasteiger partial charge in [-0.15, -0.1) is 0 Å². The van der Waals surface area contributed by atoms with E-state index >= 15 is 0 Å². The van der Waals surface area contributed by atoms with E-state index in [9.17, 15) is 4.79 Å². The van der Waals surface area contributed by atoms with Crippen LogP contribution in [0.4, 0.5) is 0 Å². The number of likely N-dealkylation sites (N-methyl/N-ethyl adjacent to an activating group) is 1. The Morgan fingerprint density at radius 2 is 1.94 bits per heavy atom. The van der Waals surface area contributed by atoms with Crippen molar-refractivity contribution in [2.24, 2.45) is 5.92 Å². The van der Waals surface area contributed by atoms with E-state index in [2.05, 4.69) is 24.1 Å². The van der Waals surface area contributed by atoms with E-state index in [1.165, 1.54) is 19.3 Å². The third-order valence-electron chi connectivity index (χ3n) is 3.60. The molecule has 1 rings (SSSR count). The molecule has 0 saturated carbocycles. The molecular formula is C14H29N3O. The van der Waals surface area contributed by atoms with Gasteiger partial charge in [0.2, 0.25) is 5.91 Å². The fourth-order valence-corrected chi connectivity index (χ4v) is 2.20. The van der Waals surface area contributed by atoms with E-state index in [1.807, 2.05) is 14.1 Å². The third-order valence-corrected chi connectivity index (χ3v) is 3.60. The first-order valence-electron chi connectivity index (χ1n) is 7.15. The van der Waals surface area contributed by atoms with Crippen molar-refractivity contribution in [3.05, 3.63) is 0 Å². The molecule has 1 fully saturated rings. The molecule has 18 heavy (non-hydrogen) atoms. The average Bonchev–Trinajstić information content (AvgIpc) is 2.30. The Bertz CT molecular complexity index is 245. The average molecular weight is 255 g/mol. The van der Waals surface area contributed by atoms with Crippen LogP contribution in [0.1, 0.15) is 33.1 Å². The normalized spacial score (nSPS) is 18.3. The standard InChI is InChI=1S/C14H29N3O/c1-12(2)5-8-15-13-6-9-17(10-7-13)11-14(18)16(3)4/h12-13,15H,5-11H2,1-4H3. The van der Waals surface area contributed by atoms with Crippen molar-refractivity contribution in [3.8, 4) is 0 Å². The van der Waals surface area contributed by atoms with Gasteiger partial charge in [0, 0.05) is 33.2 Å². The molecule has 4 nitrogen and oxygen atoms in total. The van der Waals surface area contributed by atoms with Gasteiger partial charge < -0.3 is 10.2 Å². The predicted molar refractivity (Wildman–Crippen MR) is 75.6 cm³/mol. The van der Waals surface area contributed by atoms with Gasteiger partial charge in [0.25, 0.3) is 0 Å². The molecule has 4 heteroatoms. The minimum atomic E-state index is 0.209. The van der Waals surface area contributed by atoms with E-state index in [0.717, 1.165) is 25.6 Å². The fraction of sp³-hybridized carbons (Fsp3) is 0.929. The van der Waals surface area contributed by atoms with Crippen LogP contribution in [0.2, 0.25) is 0 Å². The molecule has 1 aliphatic heterocycles. The van der Waals surface area contributed by atoms with Gasteiger partial charge in [-0.1, -0.05) is 13.8 Å². The smallest absolute Gasteiger partial charge is 0.236 e. The molecule has 0 spiro atoms. The van der Waals surface area contributed by atoms with Crippen molar-refractivity contribution in [1.82, 2.24) is 15.1 Å². The second kappa shape index (κ2) is 7.74. The molecule has 0 aliphatic carbocycles. The van der Waals surface area contributed by atoms with E-state index < -0.39 is 0 Å². The fourth-order valence-electron chi connectivity index (χ4n) is 2.20. The van der Waals surface area contributed by atoms with Crippen molar-refractivity contribution in [3.63, 3.8) is 0 Å². The number of nitrogens with one attached hydrogen (secondary N) is 1. The largest absolute Gasteiger partial charge is 0.348 e. The highest BCUT2D eigenvalue weighted by Crippen LogP contribution is 2.10. The van der Waals surface area contributed by atoms with Gasteiger partial charge in [-0.2, -0.15) is 0 Å². The summed E-state index contributed by atoms with van der Waals surface area (Å²) in [5.74, 6) is 0.983. The molecule has 0 atom stereocenters. The second-order valence-electron chi connectivity index (χ2n) is 5.98. The van der Waals surface area contributed by atoms with Gasteiger partial charge in [-0.3, -0.25) is 9.69 Å². The highest BCUT2D eigenvalue weighted by molar-refractivity contribution is 5.77. The lowest BCUT2D eigenvalue weighted by atomic mass is 10.0. The van der Waals surface area contributed by atoms with Crippen LogP contribution in [0.15, 0.2) is 0 Å². The summed E-state index contributed by atoms with van der Waals surface area (Å²) in [5, 5.41) is 3.63. The number of hydrogen-bond donors (Lipinski definition) is 1. The van der Waals surface area contributed by atoms with Gasteiger partial charge in [0.05, 0.1) is 6.54 Å². The maximum absolute atomic E-state index is 11.6. The number of amides is 1. The van der Waals surface area contributed by atoms with E-state index in [1.54, 1.807) is 4.90 Å². The quantitative estimate of drug-likeness (QED) is 0.774. The van der Waals surface area contributed by atoms with Gasteiger partial charge >= 0.3 is 0 Å². The van der Waals surface area contributed by atoms with Gasteiger partial charge in [0.15, 0.2) is 0 Å². The minimum absolute atomic E-state index is 0.209. The summed E-state index contributed by atoms with van der Waals surface area (Å²) in [6, 6.07) is 0.648. The van der Waals surface area contributed by atoms with Crippen LogP contribution in [-0.2, 0) is 4.79 Å². The van der Waals surface area contributed by atoms with Crippen LogP contribution in [0, 0.1) is 5.92 Å². The molecule has 0 aromatic rings. The number of carbonyl (C=O) groups is 1. The van der Waals surface area contributed by atoms with Gasteiger partial charge in [0.1, 0.15) is 0 Å². The number of carbonyl (C=O) groups excluding carboxylic acids is 1. The number of rotatable bonds is 6. The third kappa shape index (κ3) is 5.83. The molecule has 0 bridgehead atoms. The zero-order chi connectivity index (χ0) is 13.5. The highest BCUT2D eigenvalue weighted by atomic mass is 16.2. The molecule has 1 aliphatic rings. The van der Waals surface area contributed by atoms with Crippen LogP contribution >= 0.6 is 0 Å². The summed E-state index contributed by atoms with van der Waals surface area (Å²) in [6.45, 7) is 8.30. The summed E-state index contributed by atoms with van der Waals surface area (Å²) in [6.07, 6.45) is 3.58. The molecule has 106 valence electrons. The van der Waals surface area contributed by atoms with Crippen LogP contribution in [-0.4, -0.2) is 62.0 Å². The number of hydrogen-bond acceptors (Lipinski definition) is 3. The predicted octanol–water partition coefficient (Wildman–Crippen LogP) is 1.17. The SMILES string of the molecule is CC(C)CCNC1CCN(CC(=O)N(C)C)CC1. The first-order chi connectivity index (χ1) is 8.49. The molecular weight excluding hydrogens is 226 g/mol. The lowest BCUT2D eigenvalue weighted by Crippen LogP contribution is -2.46. The van der Waals surface area contributed by atoms with E-state index in [0.29, 0.717) is 12.6 Å². The van der Waals surface area contributed by atoms with Crippen LogP contribution in [0.5, 0.6) is 0 Å². The molecule has 1 heterocycles. The Kier molecular flexibility index (Phi) is 6.65. The number of piperidine rings is 1. The van der Waals surface area contributed by atoms with Crippen LogP contribution in [0.25, 0.3) is 0 Å². The Balaban J connectivity index is 2.14. The maximum atomic E-state index is 11.6. The van der Waals surface area contributed by atoms with Crippen LogP contribution < -0.4 is 5.32 Å². The van der Waals surface area contributed by atoms with Gasteiger partial charge in [-0.05, 0) is 31.7 Å². The lowest BCUT2D eigenvalue weighted by Gasteiger charge is -2.32. The molecule has 0 aromatic carbocycles. The number of likely N-dealkylation sites (tertiary alicyclic amines) is 1. The monoisotopic (exact) mass is 255 g/mol. The van der Waals surface area contributed by atoms with Crippen molar-refractivity contribution in [2.75, 3.05) is 40.3 Å². The molecule has 0 unspecified atom stereocenters. The summed E-state index contributed by atoms with van der Waals surface area (Å²) < 4.78 is 0. The molecule has 1 amide bonds. The first kappa shape index (κ1) is 15.4.